The topological polar surface area (TPSA) is 44.8 Å². The van der Waals surface area contributed by atoms with Crippen LogP contribution in [0.4, 0.5) is 13.2 Å². The highest BCUT2D eigenvalue weighted by Gasteiger charge is 2.31. The highest BCUT2D eigenvalue weighted by Crippen LogP contribution is 2.23. The first kappa shape index (κ1) is 22.1. The van der Waals surface area contributed by atoms with E-state index in [0.29, 0.717) is 19.6 Å². The smallest absolute Gasteiger partial charge is 0.406 e. The molecule has 1 heterocycles. The van der Waals surface area contributed by atoms with Gasteiger partial charge < -0.3 is 10.1 Å². The molecule has 2 aromatic carbocycles. The number of hydrogen-bond donors (Lipinski definition) is 1. The molecule has 0 aromatic heterocycles. The van der Waals surface area contributed by atoms with Crippen molar-refractivity contribution in [1.29, 1.82) is 0 Å². The summed E-state index contributed by atoms with van der Waals surface area (Å²) >= 11 is 0. The lowest BCUT2D eigenvalue weighted by Gasteiger charge is -2.34. The number of carbonyl (C=O) groups is 1. The summed E-state index contributed by atoms with van der Waals surface area (Å²) in [7, 11) is 0. The minimum absolute atomic E-state index is 0.0274. The van der Waals surface area contributed by atoms with Crippen LogP contribution in [0.1, 0.15) is 11.1 Å². The molecule has 2 aromatic rings. The van der Waals surface area contributed by atoms with Gasteiger partial charge in [-0.2, -0.15) is 0 Å². The second-order valence-electron chi connectivity index (χ2n) is 7.33. The van der Waals surface area contributed by atoms with Crippen LogP contribution in [0.15, 0.2) is 54.6 Å². The molecule has 162 valence electrons. The third-order valence-electron chi connectivity index (χ3n) is 4.97. The minimum atomic E-state index is -4.67. The number of nitrogens with zero attached hydrogens (tertiary/aromatic N) is 2. The third-order valence-corrected chi connectivity index (χ3v) is 4.97. The molecule has 1 amide bonds. The summed E-state index contributed by atoms with van der Waals surface area (Å²) < 4.78 is 40.6. The highest BCUT2D eigenvalue weighted by atomic mass is 19.4. The minimum Gasteiger partial charge on any atom is -0.406 e. The summed E-state index contributed by atoms with van der Waals surface area (Å²) in [6.45, 7) is 4.82. The Morgan fingerprint density at radius 3 is 2.17 bits per heavy atom. The molecule has 0 atom stereocenters. The highest BCUT2D eigenvalue weighted by molar-refractivity contribution is 5.78. The Hall–Kier alpha value is -2.58. The average molecular weight is 421 g/mol. The zero-order chi connectivity index (χ0) is 21.4. The van der Waals surface area contributed by atoms with Crippen LogP contribution in [0.3, 0.4) is 0 Å². The van der Waals surface area contributed by atoms with Crippen LogP contribution >= 0.6 is 0 Å². The van der Waals surface area contributed by atoms with Gasteiger partial charge in [0.15, 0.2) is 0 Å². The van der Waals surface area contributed by atoms with E-state index in [1.807, 2.05) is 30.3 Å². The van der Waals surface area contributed by atoms with Gasteiger partial charge >= 0.3 is 6.36 Å². The van der Waals surface area contributed by atoms with Crippen LogP contribution in [0.2, 0.25) is 0 Å². The average Bonchev–Trinajstić information content (AvgIpc) is 2.71. The molecule has 0 bridgehead atoms. The van der Waals surface area contributed by atoms with Crippen molar-refractivity contribution >= 4 is 5.91 Å². The Bertz CT molecular complexity index is 790. The second kappa shape index (κ2) is 10.4. The summed E-state index contributed by atoms with van der Waals surface area (Å²) in [6.07, 6.45) is -3.86. The fourth-order valence-electron chi connectivity index (χ4n) is 3.41. The largest absolute Gasteiger partial charge is 0.573 e. The summed E-state index contributed by atoms with van der Waals surface area (Å²) in [5, 5.41) is 2.96. The lowest BCUT2D eigenvalue weighted by Crippen LogP contribution is -2.49. The monoisotopic (exact) mass is 421 g/mol. The Morgan fingerprint density at radius 1 is 0.900 bits per heavy atom. The van der Waals surface area contributed by atoms with Gasteiger partial charge in [-0.25, -0.2) is 0 Å². The molecule has 1 N–H and O–H groups in total. The van der Waals surface area contributed by atoms with Crippen molar-refractivity contribution in [2.75, 3.05) is 39.3 Å². The maximum absolute atomic E-state index is 12.2. The van der Waals surface area contributed by atoms with Crippen molar-refractivity contribution < 1.29 is 22.7 Å². The molecule has 0 aliphatic carbocycles. The molecule has 30 heavy (non-hydrogen) atoms. The van der Waals surface area contributed by atoms with E-state index in [0.717, 1.165) is 38.2 Å². The second-order valence-corrected chi connectivity index (χ2v) is 7.33. The van der Waals surface area contributed by atoms with Crippen LogP contribution < -0.4 is 10.1 Å². The number of alkyl halides is 3. The maximum Gasteiger partial charge on any atom is 0.573 e. The van der Waals surface area contributed by atoms with Crippen LogP contribution in [0.25, 0.3) is 0 Å². The number of piperazine rings is 1. The zero-order valence-electron chi connectivity index (χ0n) is 16.7. The van der Waals surface area contributed by atoms with Crippen molar-refractivity contribution in [2.45, 2.75) is 19.3 Å². The Balaban J connectivity index is 1.34. The SMILES string of the molecule is O=C(CN1CCN(Cc2ccc(OC(F)(F)F)cc2)CC1)NCCc1ccccc1. The van der Waals surface area contributed by atoms with Crippen molar-refractivity contribution in [3.8, 4) is 5.75 Å². The van der Waals surface area contributed by atoms with Crippen LogP contribution in [0.5, 0.6) is 5.75 Å². The van der Waals surface area contributed by atoms with Gasteiger partial charge in [-0.15, -0.1) is 13.2 Å². The normalized spacial score (nSPS) is 15.7. The molecule has 1 aliphatic rings. The number of rotatable bonds is 8. The lowest BCUT2D eigenvalue weighted by atomic mass is 10.1. The molecule has 5 nitrogen and oxygen atoms in total. The van der Waals surface area contributed by atoms with Gasteiger partial charge in [0.1, 0.15) is 5.75 Å². The standard InChI is InChI=1S/C22H26F3N3O2/c23-22(24,25)30-20-8-6-19(7-9-20)16-27-12-14-28(15-13-27)17-21(29)26-11-10-18-4-2-1-3-5-18/h1-9H,10-17H2,(H,26,29). The molecular weight excluding hydrogens is 395 g/mol. The number of nitrogens with one attached hydrogen (secondary N) is 1. The number of hydrogen-bond acceptors (Lipinski definition) is 4. The number of benzene rings is 2. The van der Waals surface area contributed by atoms with E-state index in [1.54, 1.807) is 12.1 Å². The molecule has 0 unspecified atom stereocenters. The number of carbonyl (C=O) groups excluding carboxylic acids is 1. The summed E-state index contributed by atoms with van der Waals surface area (Å²) in [5.41, 5.74) is 2.13. The summed E-state index contributed by atoms with van der Waals surface area (Å²) in [4.78, 5) is 16.5. The van der Waals surface area contributed by atoms with Crippen molar-refractivity contribution in [3.63, 3.8) is 0 Å². The van der Waals surface area contributed by atoms with Crippen LogP contribution in [0, 0.1) is 0 Å². The number of halogens is 3. The molecule has 0 radical (unpaired) electrons. The van der Waals surface area contributed by atoms with E-state index < -0.39 is 6.36 Å². The van der Waals surface area contributed by atoms with Crippen LogP contribution in [-0.4, -0.2) is 61.3 Å². The first-order valence-corrected chi connectivity index (χ1v) is 9.97. The Labute approximate surface area is 174 Å². The predicted molar refractivity (Wildman–Crippen MR) is 108 cm³/mol. The quantitative estimate of drug-likeness (QED) is 0.712. The van der Waals surface area contributed by atoms with E-state index in [2.05, 4.69) is 19.9 Å². The number of ether oxygens (including phenoxy) is 1. The zero-order valence-corrected chi connectivity index (χ0v) is 16.7. The first-order valence-electron chi connectivity index (χ1n) is 9.97. The van der Waals surface area contributed by atoms with E-state index in [9.17, 15) is 18.0 Å². The maximum atomic E-state index is 12.2. The molecule has 1 saturated heterocycles. The van der Waals surface area contributed by atoms with Gasteiger partial charge in [-0.1, -0.05) is 42.5 Å². The Morgan fingerprint density at radius 2 is 1.53 bits per heavy atom. The van der Waals surface area contributed by atoms with Crippen molar-refractivity contribution in [1.82, 2.24) is 15.1 Å². The van der Waals surface area contributed by atoms with Gasteiger partial charge in [0.2, 0.25) is 5.91 Å². The molecule has 8 heteroatoms. The fourth-order valence-corrected chi connectivity index (χ4v) is 3.41. The molecular formula is C22H26F3N3O2. The first-order chi connectivity index (χ1) is 14.4. The molecule has 0 saturated carbocycles. The fraction of sp³-hybridized carbons (Fsp3) is 0.409. The lowest BCUT2D eigenvalue weighted by molar-refractivity contribution is -0.274. The van der Waals surface area contributed by atoms with Gasteiger partial charge in [0.05, 0.1) is 6.54 Å². The summed E-state index contributed by atoms with van der Waals surface area (Å²) in [5.74, 6) is -0.186. The summed E-state index contributed by atoms with van der Waals surface area (Å²) in [6, 6.07) is 16.0. The van der Waals surface area contributed by atoms with E-state index in [4.69, 9.17) is 0 Å². The van der Waals surface area contributed by atoms with E-state index in [-0.39, 0.29) is 11.7 Å². The molecule has 1 aliphatic heterocycles. The van der Waals surface area contributed by atoms with E-state index in [1.165, 1.54) is 17.7 Å². The third kappa shape index (κ3) is 7.68. The van der Waals surface area contributed by atoms with Gasteiger partial charge in [0.25, 0.3) is 0 Å². The predicted octanol–water partition coefficient (Wildman–Crippen LogP) is 3.06. The van der Waals surface area contributed by atoms with Crippen LogP contribution in [-0.2, 0) is 17.8 Å². The molecule has 0 spiro atoms. The van der Waals surface area contributed by atoms with Crippen molar-refractivity contribution in [2.24, 2.45) is 0 Å². The number of amides is 1. The van der Waals surface area contributed by atoms with Gasteiger partial charge in [-0.3, -0.25) is 14.6 Å². The van der Waals surface area contributed by atoms with Gasteiger partial charge in [-0.05, 0) is 29.7 Å². The van der Waals surface area contributed by atoms with Crippen molar-refractivity contribution in [3.05, 3.63) is 65.7 Å². The van der Waals surface area contributed by atoms with E-state index >= 15 is 0 Å². The molecule has 3 rings (SSSR count). The molecule has 1 fully saturated rings. The van der Waals surface area contributed by atoms with Gasteiger partial charge in [0, 0.05) is 39.3 Å². The Kier molecular flexibility index (Phi) is 7.70.